The molecule has 2 fully saturated rings. The van der Waals surface area contributed by atoms with E-state index in [9.17, 15) is 0 Å². The molecule has 0 aromatic rings. The molecule has 4 rings (SSSR count). The second-order valence-electron chi connectivity index (χ2n) is 7.43. The molecule has 1 aliphatic heterocycles. The van der Waals surface area contributed by atoms with Crippen LogP contribution < -0.4 is 0 Å². The molecule has 0 aromatic carbocycles. The Morgan fingerprint density at radius 3 is 1.95 bits per heavy atom. The number of hydrogen-bond acceptors (Lipinski definition) is 0. The Balaban J connectivity index is 1.88. The molecule has 3 aliphatic carbocycles. The van der Waals surface area contributed by atoms with Gasteiger partial charge >= 0.3 is 119 Å². The fourth-order valence-electron chi connectivity index (χ4n) is 5.26. The van der Waals surface area contributed by atoms with Gasteiger partial charge in [-0.1, -0.05) is 0 Å². The summed E-state index contributed by atoms with van der Waals surface area (Å²) >= 11 is -1.84. The van der Waals surface area contributed by atoms with Crippen LogP contribution in [0.2, 0.25) is 21.0 Å². The van der Waals surface area contributed by atoms with Crippen LogP contribution in [0.4, 0.5) is 0 Å². The molecule has 1 spiro atoms. The van der Waals surface area contributed by atoms with Crippen LogP contribution in [0, 0.1) is 5.41 Å². The molecule has 1 saturated carbocycles. The van der Waals surface area contributed by atoms with Crippen molar-refractivity contribution in [2.75, 3.05) is 0 Å². The number of hydrogen-bond donors (Lipinski definition) is 0. The summed E-state index contributed by atoms with van der Waals surface area (Å²) in [4.78, 5) is 0. The molecular weight excluding hydrogens is 289 g/mol. The van der Waals surface area contributed by atoms with Crippen LogP contribution >= 0.6 is 0 Å². The van der Waals surface area contributed by atoms with Crippen molar-refractivity contribution in [3.8, 4) is 0 Å². The third-order valence-corrected chi connectivity index (χ3v) is 15.1. The van der Waals surface area contributed by atoms with Gasteiger partial charge in [0.05, 0.1) is 0 Å². The van der Waals surface area contributed by atoms with Gasteiger partial charge in [0.15, 0.2) is 0 Å². The maximum absolute atomic E-state index is 2.65. The molecule has 0 N–H and O–H groups in total. The average Bonchev–Trinajstić information content (AvgIpc) is 3.08. The van der Waals surface area contributed by atoms with E-state index in [1.807, 2.05) is 11.1 Å². The van der Waals surface area contributed by atoms with Gasteiger partial charge in [0.2, 0.25) is 0 Å². The molecule has 1 saturated heterocycles. The Bertz CT molecular complexity index is 484. The van der Waals surface area contributed by atoms with Crippen molar-refractivity contribution >= 4 is 13.3 Å². The molecule has 19 heavy (non-hydrogen) atoms. The van der Waals surface area contributed by atoms with E-state index < -0.39 is 13.3 Å². The standard InChI is InChI=1S/C18H24Ge/c1-19(2)16-10-6-8-14(16)18(12-4-3-5-13-18)15-9-7-11-17(15)19/h6-11,16-17H,3-5,12-13H2,1-2H3. The van der Waals surface area contributed by atoms with E-state index in [1.165, 1.54) is 32.1 Å². The summed E-state index contributed by atoms with van der Waals surface area (Å²) < 4.78 is 1.70. The van der Waals surface area contributed by atoms with Crippen molar-refractivity contribution in [2.24, 2.45) is 5.41 Å². The molecule has 4 aliphatic rings. The third kappa shape index (κ3) is 1.47. The van der Waals surface area contributed by atoms with Crippen molar-refractivity contribution in [3.05, 3.63) is 47.6 Å². The summed E-state index contributed by atoms with van der Waals surface area (Å²) in [5.74, 6) is 5.30. The van der Waals surface area contributed by atoms with Crippen LogP contribution in [0.1, 0.15) is 32.1 Å². The van der Waals surface area contributed by atoms with E-state index in [1.54, 1.807) is 0 Å². The van der Waals surface area contributed by atoms with Gasteiger partial charge in [-0.25, -0.2) is 0 Å². The minimum atomic E-state index is -1.84. The quantitative estimate of drug-likeness (QED) is 0.526. The van der Waals surface area contributed by atoms with E-state index in [0.29, 0.717) is 5.41 Å². The van der Waals surface area contributed by atoms with Crippen molar-refractivity contribution in [2.45, 2.75) is 53.1 Å². The molecule has 0 radical (unpaired) electrons. The van der Waals surface area contributed by atoms with E-state index in [2.05, 4.69) is 48.0 Å². The summed E-state index contributed by atoms with van der Waals surface area (Å²) in [7, 11) is 0. The Labute approximate surface area is 119 Å². The van der Waals surface area contributed by atoms with Crippen molar-refractivity contribution in [3.63, 3.8) is 0 Å². The first kappa shape index (κ1) is 12.3. The zero-order chi connectivity index (χ0) is 13.1. The van der Waals surface area contributed by atoms with Crippen LogP contribution in [0.15, 0.2) is 47.6 Å². The molecule has 2 unspecified atom stereocenters. The maximum atomic E-state index is 2.65. The average molecular weight is 313 g/mol. The Morgan fingerprint density at radius 1 is 0.895 bits per heavy atom. The van der Waals surface area contributed by atoms with Gasteiger partial charge in [-0.15, -0.1) is 0 Å². The van der Waals surface area contributed by atoms with Gasteiger partial charge in [0, 0.05) is 0 Å². The van der Waals surface area contributed by atoms with Crippen LogP contribution in [0.25, 0.3) is 0 Å². The fraction of sp³-hybridized carbons (Fsp3) is 0.556. The van der Waals surface area contributed by atoms with Crippen molar-refractivity contribution < 1.29 is 0 Å². The van der Waals surface area contributed by atoms with Crippen molar-refractivity contribution in [1.29, 1.82) is 0 Å². The van der Waals surface area contributed by atoms with Crippen molar-refractivity contribution in [1.82, 2.24) is 0 Å². The van der Waals surface area contributed by atoms with Crippen LogP contribution in [-0.4, -0.2) is 13.3 Å². The van der Waals surface area contributed by atoms with Gasteiger partial charge in [0.25, 0.3) is 0 Å². The van der Waals surface area contributed by atoms with Gasteiger partial charge in [-0.3, -0.25) is 0 Å². The fourth-order valence-corrected chi connectivity index (χ4v) is 13.5. The first-order valence-electron chi connectivity index (χ1n) is 7.94. The first-order valence-corrected chi connectivity index (χ1v) is 14.6. The monoisotopic (exact) mass is 314 g/mol. The predicted molar refractivity (Wildman–Crippen MR) is 84.9 cm³/mol. The Hall–Kier alpha value is -0.497. The molecule has 0 bridgehead atoms. The van der Waals surface area contributed by atoms with Gasteiger partial charge in [0.1, 0.15) is 0 Å². The number of rotatable bonds is 0. The Morgan fingerprint density at radius 2 is 1.42 bits per heavy atom. The molecule has 2 atom stereocenters. The van der Waals surface area contributed by atoms with E-state index in [-0.39, 0.29) is 0 Å². The summed E-state index contributed by atoms with van der Waals surface area (Å²) in [6.07, 6.45) is 22.0. The first-order chi connectivity index (χ1) is 9.16. The molecule has 0 nitrogen and oxygen atoms in total. The minimum absolute atomic E-state index is 0.460. The second kappa shape index (κ2) is 4.00. The number of fused-ring (bicyclic) bond motifs is 4. The zero-order valence-electron chi connectivity index (χ0n) is 12.2. The predicted octanol–water partition coefficient (Wildman–Crippen LogP) is 5.39. The molecule has 0 amide bonds. The van der Waals surface area contributed by atoms with Gasteiger partial charge < -0.3 is 0 Å². The third-order valence-electron chi connectivity index (χ3n) is 6.24. The van der Waals surface area contributed by atoms with Crippen LogP contribution in [0.3, 0.4) is 0 Å². The topological polar surface area (TPSA) is 0 Å². The molecular formula is C18H24Ge. The van der Waals surface area contributed by atoms with E-state index in [4.69, 9.17) is 0 Å². The van der Waals surface area contributed by atoms with Gasteiger partial charge in [-0.05, 0) is 0 Å². The molecule has 100 valence electrons. The molecule has 0 aromatic heterocycles. The molecule has 1 heterocycles. The summed E-state index contributed by atoms with van der Waals surface area (Å²) in [6.45, 7) is 0. The normalized spacial score (nSPS) is 36.9. The summed E-state index contributed by atoms with van der Waals surface area (Å²) in [6, 6.07) is 0. The van der Waals surface area contributed by atoms with E-state index >= 15 is 0 Å². The van der Waals surface area contributed by atoms with E-state index in [0.717, 1.165) is 9.50 Å². The van der Waals surface area contributed by atoms with Crippen LogP contribution in [-0.2, 0) is 0 Å². The zero-order valence-corrected chi connectivity index (χ0v) is 14.3. The van der Waals surface area contributed by atoms with Crippen LogP contribution in [0.5, 0.6) is 0 Å². The molecule has 1 heteroatoms. The SMILES string of the molecule is [CH3][Ge]1([CH3])[CH]2C=CC=C2C2(CCCCC2)C2=CC=C[CH]21. The Kier molecular flexibility index (Phi) is 2.58. The number of allylic oxidation sites excluding steroid dienone is 8. The summed E-state index contributed by atoms with van der Waals surface area (Å²) in [5.41, 5.74) is 4.10. The second-order valence-corrected chi connectivity index (χ2v) is 17.7. The van der Waals surface area contributed by atoms with Gasteiger partial charge in [-0.2, -0.15) is 0 Å². The summed E-state index contributed by atoms with van der Waals surface area (Å²) in [5, 5.41) is 0.